The summed E-state index contributed by atoms with van der Waals surface area (Å²) >= 11 is 0. The van der Waals surface area contributed by atoms with Crippen molar-refractivity contribution < 1.29 is 14.6 Å². The minimum Gasteiger partial charge on any atom is -0.506 e. The van der Waals surface area contributed by atoms with Crippen LogP contribution < -0.4 is 0 Å². The van der Waals surface area contributed by atoms with E-state index in [-0.39, 0.29) is 5.75 Å². The van der Waals surface area contributed by atoms with Gasteiger partial charge in [0, 0.05) is 6.20 Å². The van der Waals surface area contributed by atoms with E-state index in [1.165, 1.54) is 23.0 Å². The molecule has 4 nitrogen and oxygen atoms in total. The van der Waals surface area contributed by atoms with E-state index in [0.29, 0.717) is 6.61 Å². The van der Waals surface area contributed by atoms with Crippen molar-refractivity contribution in [3.8, 4) is 5.75 Å². The van der Waals surface area contributed by atoms with Crippen molar-refractivity contribution in [3.05, 3.63) is 18.5 Å². The van der Waals surface area contributed by atoms with Gasteiger partial charge in [0.2, 0.25) is 0 Å². The van der Waals surface area contributed by atoms with E-state index in [9.17, 15) is 4.79 Å². The molecule has 4 heteroatoms. The highest BCUT2D eigenvalue weighted by atomic mass is 16.5. The molecule has 0 aromatic carbocycles. The van der Waals surface area contributed by atoms with E-state index in [0.717, 1.165) is 12.8 Å². The standard InChI is InChI=1S/C9H13NO3/c1-2-3-6-13-9(12)10-5-4-8(11)7-10/h4-5,7,11H,2-3,6H2,1H3. The van der Waals surface area contributed by atoms with Crippen molar-refractivity contribution in [1.29, 1.82) is 0 Å². The fraction of sp³-hybridized carbons (Fsp3) is 0.444. The van der Waals surface area contributed by atoms with Gasteiger partial charge in [-0.15, -0.1) is 0 Å². The zero-order chi connectivity index (χ0) is 9.68. The molecule has 0 aliphatic rings. The van der Waals surface area contributed by atoms with Gasteiger partial charge < -0.3 is 9.84 Å². The van der Waals surface area contributed by atoms with Crippen LogP contribution >= 0.6 is 0 Å². The van der Waals surface area contributed by atoms with Crippen LogP contribution in [0, 0.1) is 0 Å². The monoisotopic (exact) mass is 183 g/mol. The van der Waals surface area contributed by atoms with Crippen molar-refractivity contribution >= 4 is 6.09 Å². The lowest BCUT2D eigenvalue weighted by atomic mass is 10.4. The van der Waals surface area contributed by atoms with Gasteiger partial charge in [-0.1, -0.05) is 13.3 Å². The topological polar surface area (TPSA) is 51.5 Å². The first-order valence-electron chi connectivity index (χ1n) is 4.28. The molecule has 0 saturated heterocycles. The molecule has 0 amide bonds. The lowest BCUT2D eigenvalue weighted by Crippen LogP contribution is -2.12. The SMILES string of the molecule is CCCCOC(=O)n1ccc(O)c1. The Hall–Kier alpha value is -1.45. The third-order valence-corrected chi connectivity index (χ3v) is 1.61. The Labute approximate surface area is 76.7 Å². The van der Waals surface area contributed by atoms with Crippen LogP contribution in [0.25, 0.3) is 0 Å². The molecule has 0 fully saturated rings. The third-order valence-electron chi connectivity index (χ3n) is 1.61. The fourth-order valence-electron chi connectivity index (χ4n) is 0.877. The van der Waals surface area contributed by atoms with E-state index < -0.39 is 6.09 Å². The largest absolute Gasteiger partial charge is 0.506 e. The number of aromatic hydroxyl groups is 1. The van der Waals surface area contributed by atoms with Gasteiger partial charge in [0.15, 0.2) is 0 Å². The average molecular weight is 183 g/mol. The summed E-state index contributed by atoms with van der Waals surface area (Å²) in [6.45, 7) is 2.45. The molecule has 1 aromatic rings. The minimum absolute atomic E-state index is 0.0624. The molecule has 0 aliphatic carbocycles. The van der Waals surface area contributed by atoms with Gasteiger partial charge in [-0.3, -0.25) is 4.57 Å². The van der Waals surface area contributed by atoms with Gasteiger partial charge >= 0.3 is 6.09 Å². The van der Waals surface area contributed by atoms with Gasteiger partial charge in [0.05, 0.1) is 12.8 Å². The highest BCUT2D eigenvalue weighted by molar-refractivity contribution is 5.70. The Bertz CT molecular complexity index is 280. The van der Waals surface area contributed by atoms with E-state index in [1.54, 1.807) is 0 Å². The smallest absolute Gasteiger partial charge is 0.418 e. The number of hydrogen-bond donors (Lipinski definition) is 1. The van der Waals surface area contributed by atoms with Crippen LogP contribution in [0.4, 0.5) is 4.79 Å². The predicted octanol–water partition coefficient (Wildman–Crippen LogP) is 1.98. The second-order valence-corrected chi connectivity index (χ2v) is 2.74. The zero-order valence-corrected chi connectivity index (χ0v) is 7.56. The van der Waals surface area contributed by atoms with E-state index in [1.807, 2.05) is 6.92 Å². The van der Waals surface area contributed by atoms with Gasteiger partial charge in [-0.2, -0.15) is 0 Å². The van der Waals surface area contributed by atoms with Gasteiger partial charge in [0.25, 0.3) is 0 Å². The van der Waals surface area contributed by atoms with Crippen molar-refractivity contribution in [2.24, 2.45) is 0 Å². The molecule has 0 aliphatic heterocycles. The maximum atomic E-state index is 11.2. The summed E-state index contributed by atoms with van der Waals surface area (Å²) in [6, 6.07) is 1.43. The molecule has 72 valence electrons. The van der Waals surface area contributed by atoms with Crippen LogP contribution in [0.5, 0.6) is 5.75 Å². The van der Waals surface area contributed by atoms with Crippen LogP contribution in [0.15, 0.2) is 18.5 Å². The molecule has 0 unspecified atom stereocenters. The summed E-state index contributed by atoms with van der Waals surface area (Å²) in [5, 5.41) is 8.94. The molecule has 0 bridgehead atoms. The first kappa shape index (κ1) is 9.64. The number of carbonyl (C=O) groups is 1. The Morgan fingerprint density at radius 3 is 3.00 bits per heavy atom. The average Bonchev–Trinajstić information content (AvgIpc) is 2.52. The Kier molecular flexibility index (Phi) is 3.37. The molecule has 1 rings (SSSR count). The van der Waals surface area contributed by atoms with Crippen LogP contribution in [-0.2, 0) is 4.74 Å². The minimum atomic E-state index is -0.450. The highest BCUT2D eigenvalue weighted by Gasteiger charge is 2.04. The molecule has 1 heterocycles. The van der Waals surface area contributed by atoms with Crippen LogP contribution in [0.1, 0.15) is 19.8 Å². The maximum absolute atomic E-state index is 11.2. The molecule has 0 saturated carbocycles. The Morgan fingerprint density at radius 2 is 2.46 bits per heavy atom. The van der Waals surface area contributed by atoms with Crippen LogP contribution in [-0.4, -0.2) is 22.4 Å². The molecule has 0 spiro atoms. The van der Waals surface area contributed by atoms with Crippen molar-refractivity contribution in [2.75, 3.05) is 6.61 Å². The molecule has 13 heavy (non-hydrogen) atoms. The summed E-state index contributed by atoms with van der Waals surface area (Å²) in [5.74, 6) is 0.0624. The summed E-state index contributed by atoms with van der Waals surface area (Å²) in [4.78, 5) is 11.2. The Morgan fingerprint density at radius 1 is 1.69 bits per heavy atom. The number of aromatic nitrogens is 1. The second-order valence-electron chi connectivity index (χ2n) is 2.74. The van der Waals surface area contributed by atoms with Gasteiger partial charge in [0.1, 0.15) is 5.75 Å². The van der Waals surface area contributed by atoms with Crippen molar-refractivity contribution in [2.45, 2.75) is 19.8 Å². The molecule has 0 radical (unpaired) electrons. The molecule has 0 atom stereocenters. The van der Waals surface area contributed by atoms with Crippen molar-refractivity contribution in [1.82, 2.24) is 4.57 Å². The number of ether oxygens (including phenoxy) is 1. The lowest BCUT2D eigenvalue weighted by Gasteiger charge is -2.02. The quantitative estimate of drug-likeness (QED) is 0.729. The van der Waals surface area contributed by atoms with Crippen LogP contribution in [0.2, 0.25) is 0 Å². The third kappa shape index (κ3) is 2.82. The van der Waals surface area contributed by atoms with E-state index in [2.05, 4.69) is 0 Å². The fourth-order valence-corrected chi connectivity index (χ4v) is 0.877. The van der Waals surface area contributed by atoms with E-state index in [4.69, 9.17) is 9.84 Å². The molecule has 1 aromatic heterocycles. The number of nitrogens with zero attached hydrogens (tertiary/aromatic N) is 1. The van der Waals surface area contributed by atoms with Gasteiger partial charge in [-0.25, -0.2) is 4.79 Å². The molecular weight excluding hydrogens is 170 g/mol. The number of unbranched alkanes of at least 4 members (excludes halogenated alkanes) is 1. The van der Waals surface area contributed by atoms with Crippen molar-refractivity contribution in [3.63, 3.8) is 0 Å². The molecule has 1 N–H and O–H groups in total. The first-order chi connectivity index (χ1) is 6.24. The Balaban J connectivity index is 2.40. The predicted molar refractivity (Wildman–Crippen MR) is 47.8 cm³/mol. The lowest BCUT2D eigenvalue weighted by molar-refractivity contribution is 0.146. The number of rotatable bonds is 3. The number of carbonyl (C=O) groups excluding carboxylic acids is 1. The number of hydrogen-bond acceptors (Lipinski definition) is 3. The van der Waals surface area contributed by atoms with E-state index >= 15 is 0 Å². The van der Waals surface area contributed by atoms with Gasteiger partial charge in [-0.05, 0) is 12.5 Å². The molecular formula is C9H13NO3. The summed E-state index contributed by atoms with van der Waals surface area (Å²) in [5.41, 5.74) is 0. The second kappa shape index (κ2) is 4.54. The first-order valence-corrected chi connectivity index (χ1v) is 4.28. The highest BCUT2D eigenvalue weighted by Crippen LogP contribution is 2.07. The zero-order valence-electron chi connectivity index (χ0n) is 7.56. The summed E-state index contributed by atoms with van der Waals surface area (Å²) in [7, 11) is 0. The summed E-state index contributed by atoms with van der Waals surface area (Å²) < 4.78 is 6.11. The van der Waals surface area contributed by atoms with Crippen LogP contribution in [0.3, 0.4) is 0 Å². The normalized spacial score (nSPS) is 9.92. The summed E-state index contributed by atoms with van der Waals surface area (Å²) in [6.07, 6.45) is 4.18. The maximum Gasteiger partial charge on any atom is 0.418 e.